The molecule has 0 bridgehead atoms. The van der Waals surface area contributed by atoms with Crippen LogP contribution in [-0.2, 0) is 6.54 Å². The van der Waals surface area contributed by atoms with E-state index in [0.29, 0.717) is 12.1 Å². The minimum absolute atomic E-state index is 0.158. The summed E-state index contributed by atoms with van der Waals surface area (Å²) in [5.74, 6) is 2.01. The molecule has 0 unspecified atom stereocenters. The Balaban J connectivity index is 1.90. The van der Waals surface area contributed by atoms with Crippen molar-refractivity contribution in [3.8, 4) is 18.0 Å². The monoisotopic (exact) mass is 361 g/mol. The van der Waals surface area contributed by atoms with Gasteiger partial charge in [-0.15, -0.1) is 6.42 Å². The number of carbonyl (C=O) groups is 1. The first-order valence-corrected chi connectivity index (χ1v) is 8.59. The van der Waals surface area contributed by atoms with Gasteiger partial charge < -0.3 is 4.90 Å². The molecule has 1 amide bonds. The van der Waals surface area contributed by atoms with Crippen LogP contribution in [0.3, 0.4) is 0 Å². The fourth-order valence-electron chi connectivity index (χ4n) is 2.95. The van der Waals surface area contributed by atoms with E-state index in [0.717, 1.165) is 22.5 Å². The molecule has 0 saturated heterocycles. The van der Waals surface area contributed by atoms with Gasteiger partial charge in [-0.1, -0.05) is 36.3 Å². The minimum Gasteiger partial charge on any atom is -0.323 e. The number of hydrogen-bond donors (Lipinski definition) is 0. The minimum atomic E-state index is -0.316. The van der Waals surface area contributed by atoms with E-state index in [1.807, 2.05) is 38.1 Å². The number of nitrogens with zero attached hydrogens (tertiary/aromatic N) is 3. The van der Waals surface area contributed by atoms with Crippen molar-refractivity contribution in [2.24, 2.45) is 0 Å². The van der Waals surface area contributed by atoms with Crippen molar-refractivity contribution in [2.75, 3.05) is 6.54 Å². The van der Waals surface area contributed by atoms with Gasteiger partial charge in [-0.05, 0) is 43.2 Å². The van der Waals surface area contributed by atoms with Crippen molar-refractivity contribution in [3.63, 3.8) is 0 Å². The molecule has 0 radical (unpaired) electrons. The average Bonchev–Trinajstić information content (AvgIpc) is 3.04. The third-order valence-corrected chi connectivity index (χ3v) is 4.44. The van der Waals surface area contributed by atoms with Gasteiger partial charge in [-0.25, -0.2) is 9.07 Å². The summed E-state index contributed by atoms with van der Waals surface area (Å²) in [6.45, 7) is 4.32. The second-order valence-electron chi connectivity index (χ2n) is 6.33. The van der Waals surface area contributed by atoms with Gasteiger partial charge >= 0.3 is 0 Å². The van der Waals surface area contributed by atoms with Crippen LogP contribution >= 0.6 is 0 Å². The van der Waals surface area contributed by atoms with E-state index in [9.17, 15) is 9.18 Å². The third kappa shape index (κ3) is 3.90. The van der Waals surface area contributed by atoms with Crippen molar-refractivity contribution < 1.29 is 9.18 Å². The SMILES string of the molecule is C#CCN(Cc1ccc(F)cc1)C(=O)c1cnn(-c2ccccc2C)c1C. The number of aryl methyl sites for hydroxylation is 1. The van der Waals surface area contributed by atoms with Gasteiger partial charge in [-0.2, -0.15) is 5.10 Å². The maximum Gasteiger partial charge on any atom is 0.258 e. The molecule has 0 spiro atoms. The highest BCUT2D eigenvalue weighted by Crippen LogP contribution is 2.19. The lowest BCUT2D eigenvalue weighted by molar-refractivity contribution is 0.0765. The first kappa shape index (κ1) is 18.4. The summed E-state index contributed by atoms with van der Waals surface area (Å²) >= 11 is 0. The molecule has 1 heterocycles. The van der Waals surface area contributed by atoms with Crippen LogP contribution < -0.4 is 0 Å². The van der Waals surface area contributed by atoms with E-state index in [-0.39, 0.29) is 18.3 Å². The van der Waals surface area contributed by atoms with E-state index in [1.165, 1.54) is 12.1 Å². The van der Waals surface area contributed by atoms with Gasteiger partial charge in [0.1, 0.15) is 5.82 Å². The van der Waals surface area contributed by atoms with Crippen molar-refractivity contribution in [2.45, 2.75) is 20.4 Å². The van der Waals surface area contributed by atoms with Gasteiger partial charge in [-0.3, -0.25) is 4.79 Å². The maximum atomic E-state index is 13.1. The molecule has 0 N–H and O–H groups in total. The van der Waals surface area contributed by atoms with Crippen LogP contribution in [-0.4, -0.2) is 27.1 Å². The molecule has 136 valence electrons. The number of rotatable bonds is 5. The number of terminal acetylenes is 1. The van der Waals surface area contributed by atoms with Crippen LogP contribution in [0.25, 0.3) is 5.69 Å². The van der Waals surface area contributed by atoms with Gasteiger partial charge in [0.05, 0.1) is 29.7 Å². The summed E-state index contributed by atoms with van der Waals surface area (Å²) in [5, 5.41) is 4.40. The lowest BCUT2D eigenvalue weighted by Gasteiger charge is -2.20. The van der Waals surface area contributed by atoms with E-state index in [4.69, 9.17) is 6.42 Å². The Hall–Kier alpha value is -3.39. The fraction of sp³-hybridized carbons (Fsp3) is 0.182. The van der Waals surface area contributed by atoms with Crippen LogP contribution in [0.5, 0.6) is 0 Å². The van der Waals surface area contributed by atoms with Gasteiger partial charge in [0.25, 0.3) is 5.91 Å². The number of benzene rings is 2. The van der Waals surface area contributed by atoms with Crippen LogP contribution in [0, 0.1) is 32.0 Å². The Morgan fingerprint density at radius 3 is 2.56 bits per heavy atom. The first-order chi connectivity index (χ1) is 13.0. The summed E-state index contributed by atoms with van der Waals surface area (Å²) in [6.07, 6.45) is 7.02. The van der Waals surface area contributed by atoms with Gasteiger partial charge in [0.15, 0.2) is 0 Å². The Morgan fingerprint density at radius 2 is 1.89 bits per heavy atom. The summed E-state index contributed by atoms with van der Waals surface area (Å²) in [7, 11) is 0. The molecule has 0 atom stereocenters. The molecule has 3 rings (SSSR count). The fourth-order valence-corrected chi connectivity index (χ4v) is 2.95. The molecule has 0 aliphatic heterocycles. The Kier molecular flexibility index (Phi) is 5.37. The smallest absolute Gasteiger partial charge is 0.258 e. The zero-order valence-electron chi connectivity index (χ0n) is 15.3. The molecule has 0 aliphatic rings. The molecule has 2 aromatic carbocycles. The van der Waals surface area contributed by atoms with Crippen LogP contribution in [0.1, 0.15) is 27.2 Å². The van der Waals surface area contributed by atoms with Crippen molar-refractivity contribution >= 4 is 5.91 Å². The van der Waals surface area contributed by atoms with E-state index in [2.05, 4.69) is 11.0 Å². The van der Waals surface area contributed by atoms with Crippen molar-refractivity contribution in [3.05, 3.63) is 82.9 Å². The Labute approximate surface area is 158 Å². The molecule has 0 saturated carbocycles. The highest BCUT2D eigenvalue weighted by Gasteiger charge is 2.21. The Bertz CT molecular complexity index is 999. The summed E-state index contributed by atoms with van der Waals surface area (Å²) in [4.78, 5) is 14.6. The zero-order chi connectivity index (χ0) is 19.4. The molecule has 27 heavy (non-hydrogen) atoms. The molecular weight excluding hydrogens is 341 g/mol. The number of para-hydroxylation sites is 1. The second kappa shape index (κ2) is 7.88. The van der Waals surface area contributed by atoms with E-state index < -0.39 is 0 Å². The topological polar surface area (TPSA) is 38.1 Å². The largest absolute Gasteiger partial charge is 0.323 e. The van der Waals surface area contributed by atoms with Crippen LogP contribution in [0.15, 0.2) is 54.7 Å². The summed E-state index contributed by atoms with van der Waals surface area (Å²) < 4.78 is 14.9. The maximum absolute atomic E-state index is 13.1. The van der Waals surface area contributed by atoms with Crippen LogP contribution in [0.2, 0.25) is 0 Å². The lowest BCUT2D eigenvalue weighted by Crippen LogP contribution is -2.31. The Morgan fingerprint density at radius 1 is 1.19 bits per heavy atom. The standard InChI is InChI=1S/C22H20FN3O/c1-4-13-25(15-18-9-11-19(23)12-10-18)22(27)20-14-24-26(17(20)3)21-8-6-5-7-16(21)2/h1,5-12,14H,13,15H2,2-3H3. The molecule has 3 aromatic rings. The second-order valence-corrected chi connectivity index (χ2v) is 6.33. The van der Waals surface area contributed by atoms with Gasteiger partial charge in [0.2, 0.25) is 0 Å². The molecule has 0 fully saturated rings. The third-order valence-electron chi connectivity index (χ3n) is 4.44. The molecule has 1 aromatic heterocycles. The highest BCUT2D eigenvalue weighted by atomic mass is 19.1. The zero-order valence-corrected chi connectivity index (χ0v) is 15.3. The van der Waals surface area contributed by atoms with Crippen molar-refractivity contribution in [1.82, 2.24) is 14.7 Å². The lowest BCUT2D eigenvalue weighted by atomic mass is 10.1. The highest BCUT2D eigenvalue weighted by molar-refractivity contribution is 5.95. The molecule has 4 nitrogen and oxygen atoms in total. The molecule has 0 aliphatic carbocycles. The first-order valence-electron chi connectivity index (χ1n) is 8.59. The summed E-state index contributed by atoms with van der Waals surface area (Å²) in [6, 6.07) is 13.9. The predicted octanol–water partition coefficient (Wildman–Crippen LogP) is 3.90. The predicted molar refractivity (Wildman–Crippen MR) is 103 cm³/mol. The number of hydrogen-bond acceptors (Lipinski definition) is 2. The number of amides is 1. The quantitative estimate of drug-likeness (QED) is 0.647. The van der Waals surface area contributed by atoms with Gasteiger partial charge in [0, 0.05) is 6.54 Å². The normalized spacial score (nSPS) is 10.4. The van der Waals surface area contributed by atoms with E-state index in [1.54, 1.807) is 27.9 Å². The number of aromatic nitrogens is 2. The molecule has 5 heteroatoms. The van der Waals surface area contributed by atoms with E-state index >= 15 is 0 Å². The number of halogens is 1. The van der Waals surface area contributed by atoms with Crippen molar-refractivity contribution in [1.29, 1.82) is 0 Å². The average molecular weight is 361 g/mol. The molecular formula is C22H20FN3O. The van der Waals surface area contributed by atoms with Crippen LogP contribution in [0.4, 0.5) is 4.39 Å². The summed E-state index contributed by atoms with van der Waals surface area (Å²) in [5.41, 5.74) is 4.04. The number of carbonyl (C=O) groups excluding carboxylic acids is 1.